The summed E-state index contributed by atoms with van der Waals surface area (Å²) in [5, 5.41) is 0. The minimum Gasteiger partial charge on any atom is -0.454 e. The lowest BCUT2D eigenvalue weighted by Crippen LogP contribution is -2.19. The van der Waals surface area contributed by atoms with Crippen LogP contribution in [0.15, 0.2) is 91.5 Å². The molecule has 0 saturated heterocycles. The molecule has 0 aromatic heterocycles. The first kappa shape index (κ1) is 17.5. The van der Waals surface area contributed by atoms with Crippen LogP contribution in [-0.2, 0) is 9.53 Å². The third-order valence-electron chi connectivity index (χ3n) is 3.92. The van der Waals surface area contributed by atoms with Crippen LogP contribution < -0.4 is 4.74 Å². The van der Waals surface area contributed by atoms with Gasteiger partial charge in [0, 0.05) is 18.6 Å². The van der Waals surface area contributed by atoms with E-state index in [4.69, 9.17) is 9.47 Å². The summed E-state index contributed by atoms with van der Waals surface area (Å²) in [5.74, 6) is 0.139. The van der Waals surface area contributed by atoms with E-state index in [0.29, 0.717) is 5.75 Å². The largest absolute Gasteiger partial charge is 0.454 e. The highest BCUT2D eigenvalue weighted by Gasteiger charge is 2.16. The number of hydrogen-bond donors (Lipinski definition) is 0. The van der Waals surface area contributed by atoms with Gasteiger partial charge in [0.2, 0.25) is 6.29 Å². The SMILES string of the molecule is C=CC(=O)OC(C)Oc1cccc(-c2ccccc2)c1-c1ccccc1. The summed E-state index contributed by atoms with van der Waals surface area (Å²) in [6.45, 7) is 5.10. The van der Waals surface area contributed by atoms with Crippen molar-refractivity contribution in [3.8, 4) is 28.0 Å². The lowest BCUT2D eigenvalue weighted by Gasteiger charge is -2.20. The second-order valence-electron chi connectivity index (χ2n) is 5.74. The first-order chi connectivity index (χ1) is 12.7. The summed E-state index contributed by atoms with van der Waals surface area (Å²) in [7, 11) is 0. The number of ether oxygens (including phenoxy) is 2. The maximum atomic E-state index is 11.4. The highest BCUT2D eigenvalue weighted by atomic mass is 16.7. The smallest absolute Gasteiger partial charge is 0.333 e. The standard InChI is InChI=1S/C23H20O3/c1-3-22(24)26-17(2)25-21-16-10-15-20(18-11-6-4-7-12-18)23(21)19-13-8-5-9-14-19/h3-17H,1H2,2H3. The van der Waals surface area contributed by atoms with Crippen LogP contribution in [0.5, 0.6) is 5.75 Å². The molecule has 130 valence electrons. The van der Waals surface area contributed by atoms with Gasteiger partial charge in [-0.15, -0.1) is 0 Å². The van der Waals surface area contributed by atoms with E-state index in [-0.39, 0.29) is 0 Å². The molecule has 0 aliphatic heterocycles. The first-order valence-electron chi connectivity index (χ1n) is 8.42. The normalized spacial score (nSPS) is 11.4. The summed E-state index contributed by atoms with van der Waals surface area (Å²) in [5.41, 5.74) is 4.13. The zero-order chi connectivity index (χ0) is 18.4. The molecule has 3 rings (SSSR count). The molecule has 1 atom stereocenters. The van der Waals surface area contributed by atoms with Gasteiger partial charge in [-0.3, -0.25) is 0 Å². The van der Waals surface area contributed by atoms with Crippen LogP contribution in [0, 0.1) is 0 Å². The molecule has 0 N–H and O–H groups in total. The van der Waals surface area contributed by atoms with Crippen LogP contribution in [0.2, 0.25) is 0 Å². The van der Waals surface area contributed by atoms with Crippen molar-refractivity contribution >= 4 is 5.97 Å². The predicted molar refractivity (Wildman–Crippen MR) is 104 cm³/mol. The Balaban J connectivity index is 2.07. The average Bonchev–Trinajstić information content (AvgIpc) is 2.69. The van der Waals surface area contributed by atoms with Crippen molar-refractivity contribution in [2.45, 2.75) is 13.2 Å². The lowest BCUT2D eigenvalue weighted by atomic mass is 9.94. The third-order valence-corrected chi connectivity index (χ3v) is 3.92. The van der Waals surface area contributed by atoms with E-state index >= 15 is 0 Å². The van der Waals surface area contributed by atoms with Gasteiger partial charge in [0.15, 0.2) is 0 Å². The van der Waals surface area contributed by atoms with Crippen LogP contribution in [0.1, 0.15) is 6.92 Å². The first-order valence-corrected chi connectivity index (χ1v) is 8.42. The Morgan fingerprint density at radius 2 is 1.50 bits per heavy atom. The summed E-state index contributed by atoms with van der Waals surface area (Å²) < 4.78 is 11.1. The van der Waals surface area contributed by atoms with E-state index in [2.05, 4.69) is 24.8 Å². The number of carbonyl (C=O) groups excluding carboxylic acids is 1. The Morgan fingerprint density at radius 1 is 0.885 bits per heavy atom. The van der Waals surface area contributed by atoms with Gasteiger partial charge in [0.25, 0.3) is 0 Å². The number of carbonyl (C=O) groups is 1. The molecule has 0 fully saturated rings. The quantitative estimate of drug-likeness (QED) is 0.338. The van der Waals surface area contributed by atoms with Gasteiger partial charge >= 0.3 is 5.97 Å². The van der Waals surface area contributed by atoms with E-state index in [9.17, 15) is 4.79 Å². The maximum Gasteiger partial charge on any atom is 0.333 e. The molecule has 1 unspecified atom stereocenters. The Hall–Kier alpha value is -3.33. The van der Waals surface area contributed by atoms with Crippen molar-refractivity contribution in [1.29, 1.82) is 0 Å². The number of esters is 1. The Kier molecular flexibility index (Phi) is 5.49. The number of hydrogen-bond acceptors (Lipinski definition) is 3. The minimum absolute atomic E-state index is 0.516. The monoisotopic (exact) mass is 344 g/mol. The van der Waals surface area contributed by atoms with E-state index in [0.717, 1.165) is 28.3 Å². The van der Waals surface area contributed by atoms with Crippen LogP contribution in [0.25, 0.3) is 22.3 Å². The third kappa shape index (κ3) is 4.01. The highest BCUT2D eigenvalue weighted by Crippen LogP contribution is 2.39. The molecule has 0 aliphatic rings. The molecule has 26 heavy (non-hydrogen) atoms. The van der Waals surface area contributed by atoms with Gasteiger partial charge < -0.3 is 9.47 Å². The van der Waals surface area contributed by atoms with Crippen LogP contribution in [-0.4, -0.2) is 12.3 Å². The Bertz CT molecular complexity index is 886. The molecule has 0 spiro atoms. The zero-order valence-electron chi connectivity index (χ0n) is 14.6. The van der Waals surface area contributed by atoms with Crippen molar-refractivity contribution in [2.24, 2.45) is 0 Å². The predicted octanol–water partition coefficient (Wildman–Crippen LogP) is 5.47. The summed E-state index contributed by atoms with van der Waals surface area (Å²) in [4.78, 5) is 11.4. The molecule has 0 radical (unpaired) electrons. The van der Waals surface area contributed by atoms with Gasteiger partial charge in [-0.05, 0) is 22.8 Å². The number of rotatable bonds is 6. The van der Waals surface area contributed by atoms with Crippen molar-refractivity contribution in [3.05, 3.63) is 91.5 Å². The molecule has 3 aromatic carbocycles. The lowest BCUT2D eigenvalue weighted by molar-refractivity contribution is -0.154. The van der Waals surface area contributed by atoms with Crippen LogP contribution in [0.3, 0.4) is 0 Å². The summed E-state index contributed by atoms with van der Waals surface area (Å²) in [6, 6.07) is 26.0. The molecular weight excluding hydrogens is 324 g/mol. The van der Waals surface area contributed by atoms with Gasteiger partial charge in [-0.1, -0.05) is 79.4 Å². The second kappa shape index (κ2) is 8.17. The fourth-order valence-corrected chi connectivity index (χ4v) is 2.80. The molecule has 3 heteroatoms. The zero-order valence-corrected chi connectivity index (χ0v) is 14.6. The van der Waals surface area contributed by atoms with Crippen molar-refractivity contribution in [3.63, 3.8) is 0 Å². The molecule has 0 saturated carbocycles. The molecule has 0 amide bonds. The maximum absolute atomic E-state index is 11.4. The molecule has 0 bridgehead atoms. The van der Waals surface area contributed by atoms with Crippen molar-refractivity contribution < 1.29 is 14.3 Å². The topological polar surface area (TPSA) is 35.5 Å². The molecule has 3 aromatic rings. The number of benzene rings is 3. The van der Waals surface area contributed by atoms with Gasteiger partial charge in [-0.25, -0.2) is 4.79 Å². The van der Waals surface area contributed by atoms with Crippen molar-refractivity contribution in [1.82, 2.24) is 0 Å². The van der Waals surface area contributed by atoms with E-state index < -0.39 is 12.3 Å². The van der Waals surface area contributed by atoms with E-state index in [1.165, 1.54) is 0 Å². The van der Waals surface area contributed by atoms with E-state index in [1.807, 2.05) is 60.7 Å². The fourth-order valence-electron chi connectivity index (χ4n) is 2.80. The van der Waals surface area contributed by atoms with Crippen molar-refractivity contribution in [2.75, 3.05) is 0 Å². The van der Waals surface area contributed by atoms with Gasteiger partial charge in [0.1, 0.15) is 5.75 Å². The highest BCUT2D eigenvalue weighted by molar-refractivity contribution is 5.87. The fraction of sp³-hybridized carbons (Fsp3) is 0.0870. The van der Waals surface area contributed by atoms with Gasteiger partial charge in [0.05, 0.1) is 0 Å². The Morgan fingerprint density at radius 3 is 2.12 bits per heavy atom. The van der Waals surface area contributed by atoms with Crippen LogP contribution >= 0.6 is 0 Å². The average molecular weight is 344 g/mol. The van der Waals surface area contributed by atoms with E-state index in [1.54, 1.807) is 6.92 Å². The molecule has 0 heterocycles. The summed E-state index contributed by atoms with van der Waals surface area (Å²) in [6.07, 6.45) is 0.396. The minimum atomic E-state index is -0.728. The Labute approximate surface area is 153 Å². The molecule has 3 nitrogen and oxygen atoms in total. The molecular formula is C23H20O3. The van der Waals surface area contributed by atoms with Gasteiger partial charge in [-0.2, -0.15) is 0 Å². The second-order valence-corrected chi connectivity index (χ2v) is 5.74. The molecule has 0 aliphatic carbocycles. The summed E-state index contributed by atoms with van der Waals surface area (Å²) >= 11 is 0. The van der Waals surface area contributed by atoms with Crippen LogP contribution in [0.4, 0.5) is 0 Å².